The lowest BCUT2D eigenvalue weighted by Crippen LogP contribution is -2.17. The SMILES string of the molecule is C=CC(=O)Nc1ccc(NC(=O)CCCCC(=O)NC)cc1. The van der Waals surface area contributed by atoms with Crippen LogP contribution in [0.3, 0.4) is 0 Å². The van der Waals surface area contributed by atoms with Crippen LogP contribution in [0.5, 0.6) is 0 Å². The van der Waals surface area contributed by atoms with Gasteiger partial charge in [-0.05, 0) is 43.2 Å². The maximum absolute atomic E-state index is 11.7. The van der Waals surface area contributed by atoms with Crippen molar-refractivity contribution >= 4 is 29.1 Å². The van der Waals surface area contributed by atoms with Gasteiger partial charge in [0.15, 0.2) is 0 Å². The molecule has 1 aromatic carbocycles. The lowest BCUT2D eigenvalue weighted by atomic mass is 10.1. The highest BCUT2D eigenvalue weighted by atomic mass is 16.2. The third-order valence-electron chi connectivity index (χ3n) is 2.96. The van der Waals surface area contributed by atoms with E-state index in [4.69, 9.17) is 0 Å². The van der Waals surface area contributed by atoms with E-state index in [-0.39, 0.29) is 17.7 Å². The van der Waals surface area contributed by atoms with Crippen molar-refractivity contribution in [3.63, 3.8) is 0 Å². The molecule has 0 aliphatic rings. The Hall–Kier alpha value is -2.63. The molecule has 22 heavy (non-hydrogen) atoms. The van der Waals surface area contributed by atoms with Crippen molar-refractivity contribution in [2.45, 2.75) is 25.7 Å². The van der Waals surface area contributed by atoms with E-state index in [9.17, 15) is 14.4 Å². The molecule has 0 fully saturated rings. The van der Waals surface area contributed by atoms with Gasteiger partial charge in [-0.1, -0.05) is 6.58 Å². The molecule has 0 bridgehead atoms. The van der Waals surface area contributed by atoms with Crippen LogP contribution >= 0.6 is 0 Å². The lowest BCUT2D eigenvalue weighted by Gasteiger charge is -2.07. The average molecular weight is 303 g/mol. The third kappa shape index (κ3) is 6.69. The van der Waals surface area contributed by atoms with E-state index in [0.717, 1.165) is 0 Å². The van der Waals surface area contributed by atoms with E-state index in [1.165, 1.54) is 6.08 Å². The summed E-state index contributed by atoms with van der Waals surface area (Å²) in [5, 5.41) is 7.93. The van der Waals surface area contributed by atoms with E-state index in [1.807, 2.05) is 0 Å². The summed E-state index contributed by atoms with van der Waals surface area (Å²) < 4.78 is 0. The van der Waals surface area contributed by atoms with Gasteiger partial charge in [0.05, 0.1) is 0 Å². The Labute approximate surface area is 130 Å². The highest BCUT2D eigenvalue weighted by molar-refractivity contribution is 5.99. The van der Waals surface area contributed by atoms with Gasteiger partial charge in [0, 0.05) is 31.3 Å². The number of benzene rings is 1. The smallest absolute Gasteiger partial charge is 0.247 e. The molecule has 0 heterocycles. The highest BCUT2D eigenvalue weighted by Crippen LogP contribution is 2.14. The molecule has 0 atom stereocenters. The molecule has 0 radical (unpaired) electrons. The topological polar surface area (TPSA) is 87.3 Å². The van der Waals surface area contributed by atoms with Gasteiger partial charge in [0.1, 0.15) is 0 Å². The number of hydrogen-bond donors (Lipinski definition) is 3. The molecule has 0 aromatic heterocycles. The number of nitrogens with one attached hydrogen (secondary N) is 3. The molecular weight excluding hydrogens is 282 g/mol. The molecule has 6 heteroatoms. The van der Waals surface area contributed by atoms with Crippen LogP contribution < -0.4 is 16.0 Å². The Morgan fingerprint density at radius 2 is 1.45 bits per heavy atom. The van der Waals surface area contributed by atoms with E-state index in [1.54, 1.807) is 31.3 Å². The Morgan fingerprint density at radius 3 is 1.95 bits per heavy atom. The maximum atomic E-state index is 11.7. The minimum absolute atomic E-state index is 0.0161. The van der Waals surface area contributed by atoms with Crippen LogP contribution in [0.4, 0.5) is 11.4 Å². The quantitative estimate of drug-likeness (QED) is 0.507. The normalized spacial score (nSPS) is 9.68. The van der Waals surface area contributed by atoms with Gasteiger partial charge >= 0.3 is 0 Å². The van der Waals surface area contributed by atoms with Gasteiger partial charge in [-0.3, -0.25) is 14.4 Å². The van der Waals surface area contributed by atoms with Crippen molar-refractivity contribution in [2.75, 3.05) is 17.7 Å². The number of unbranched alkanes of at least 4 members (excludes halogenated alkanes) is 1. The predicted molar refractivity (Wildman–Crippen MR) is 86.4 cm³/mol. The standard InChI is InChI=1S/C16H21N3O3/c1-3-14(20)18-12-8-10-13(11-9-12)19-16(22)7-5-4-6-15(21)17-2/h3,8-11H,1,4-7H2,2H3,(H,17,21)(H,18,20)(H,19,22). The van der Waals surface area contributed by atoms with Crippen LogP contribution in [0, 0.1) is 0 Å². The van der Waals surface area contributed by atoms with Crippen LogP contribution in [0.1, 0.15) is 25.7 Å². The minimum atomic E-state index is -0.284. The third-order valence-corrected chi connectivity index (χ3v) is 2.96. The molecule has 6 nitrogen and oxygen atoms in total. The van der Waals surface area contributed by atoms with Crippen molar-refractivity contribution in [3.05, 3.63) is 36.9 Å². The van der Waals surface area contributed by atoms with Crippen molar-refractivity contribution in [3.8, 4) is 0 Å². The number of carbonyl (C=O) groups is 3. The number of carbonyl (C=O) groups excluding carboxylic acids is 3. The molecular formula is C16H21N3O3. The first-order valence-electron chi connectivity index (χ1n) is 7.09. The molecule has 0 saturated carbocycles. The van der Waals surface area contributed by atoms with Crippen LogP contribution in [0.25, 0.3) is 0 Å². The molecule has 0 unspecified atom stereocenters. The van der Waals surface area contributed by atoms with Crippen LogP contribution in [0.2, 0.25) is 0 Å². The minimum Gasteiger partial charge on any atom is -0.359 e. The lowest BCUT2D eigenvalue weighted by molar-refractivity contribution is -0.121. The Morgan fingerprint density at radius 1 is 0.955 bits per heavy atom. The predicted octanol–water partition coefficient (Wildman–Crippen LogP) is 2.06. The molecule has 118 valence electrons. The average Bonchev–Trinajstić information content (AvgIpc) is 2.53. The number of hydrogen-bond acceptors (Lipinski definition) is 3. The second-order valence-electron chi connectivity index (χ2n) is 4.70. The molecule has 0 aliphatic heterocycles. The molecule has 0 spiro atoms. The summed E-state index contributed by atoms with van der Waals surface area (Å²) in [6.45, 7) is 3.37. The summed E-state index contributed by atoms with van der Waals surface area (Å²) in [4.78, 5) is 33.9. The molecule has 1 aromatic rings. The number of amides is 3. The van der Waals surface area contributed by atoms with Gasteiger partial charge in [0.25, 0.3) is 0 Å². The molecule has 0 saturated heterocycles. The van der Waals surface area contributed by atoms with Crippen LogP contribution in [-0.4, -0.2) is 24.8 Å². The van der Waals surface area contributed by atoms with Crippen LogP contribution in [-0.2, 0) is 14.4 Å². The van der Waals surface area contributed by atoms with E-state index < -0.39 is 0 Å². The van der Waals surface area contributed by atoms with Gasteiger partial charge < -0.3 is 16.0 Å². The first-order chi connectivity index (χ1) is 10.5. The summed E-state index contributed by atoms with van der Waals surface area (Å²) in [5.41, 5.74) is 1.29. The zero-order chi connectivity index (χ0) is 16.4. The number of rotatable bonds is 8. The summed E-state index contributed by atoms with van der Waals surface area (Å²) in [6, 6.07) is 6.81. The molecule has 0 aliphatic carbocycles. The Bertz CT molecular complexity index is 538. The monoisotopic (exact) mass is 303 g/mol. The van der Waals surface area contributed by atoms with Crippen LogP contribution in [0.15, 0.2) is 36.9 Å². The number of anilines is 2. The van der Waals surface area contributed by atoms with Crippen molar-refractivity contribution < 1.29 is 14.4 Å². The fraction of sp³-hybridized carbons (Fsp3) is 0.312. The summed E-state index contributed by atoms with van der Waals surface area (Å²) in [6.07, 6.45) is 3.33. The van der Waals surface area contributed by atoms with E-state index in [0.29, 0.717) is 37.1 Å². The van der Waals surface area contributed by atoms with Gasteiger partial charge in [-0.2, -0.15) is 0 Å². The highest BCUT2D eigenvalue weighted by Gasteiger charge is 2.04. The fourth-order valence-electron chi connectivity index (χ4n) is 1.75. The second-order valence-corrected chi connectivity index (χ2v) is 4.70. The zero-order valence-electron chi connectivity index (χ0n) is 12.6. The summed E-state index contributed by atoms with van der Waals surface area (Å²) in [7, 11) is 1.59. The molecule has 3 amide bonds. The first kappa shape index (κ1) is 17.4. The second kappa shape index (κ2) is 9.33. The zero-order valence-corrected chi connectivity index (χ0v) is 12.6. The Kier molecular flexibility index (Phi) is 7.39. The maximum Gasteiger partial charge on any atom is 0.247 e. The Balaban J connectivity index is 2.33. The first-order valence-corrected chi connectivity index (χ1v) is 7.09. The van der Waals surface area contributed by atoms with E-state index in [2.05, 4.69) is 22.5 Å². The molecule has 1 rings (SSSR count). The fourth-order valence-corrected chi connectivity index (χ4v) is 1.75. The van der Waals surface area contributed by atoms with Gasteiger partial charge in [-0.15, -0.1) is 0 Å². The van der Waals surface area contributed by atoms with Crippen molar-refractivity contribution in [1.82, 2.24) is 5.32 Å². The van der Waals surface area contributed by atoms with Crippen molar-refractivity contribution in [1.29, 1.82) is 0 Å². The van der Waals surface area contributed by atoms with E-state index >= 15 is 0 Å². The largest absolute Gasteiger partial charge is 0.359 e. The summed E-state index contributed by atoms with van der Waals surface area (Å²) >= 11 is 0. The summed E-state index contributed by atoms with van der Waals surface area (Å²) in [5.74, 6) is -0.398. The van der Waals surface area contributed by atoms with Gasteiger partial charge in [0.2, 0.25) is 17.7 Å². The van der Waals surface area contributed by atoms with Gasteiger partial charge in [-0.25, -0.2) is 0 Å². The van der Waals surface area contributed by atoms with Crippen molar-refractivity contribution in [2.24, 2.45) is 0 Å². The molecule has 3 N–H and O–H groups in total.